The molecule has 2 heterocycles. The first-order chi connectivity index (χ1) is 15.4. The lowest BCUT2D eigenvalue weighted by atomic mass is 9.79. The second-order valence-electron chi connectivity index (χ2n) is 9.71. The van der Waals surface area contributed by atoms with E-state index in [0.29, 0.717) is 18.4 Å². The minimum absolute atomic E-state index is 0.152. The van der Waals surface area contributed by atoms with Gasteiger partial charge in [-0.3, -0.25) is 0 Å². The van der Waals surface area contributed by atoms with Crippen LogP contribution in [0.3, 0.4) is 0 Å². The van der Waals surface area contributed by atoms with Crippen molar-refractivity contribution in [1.29, 1.82) is 0 Å². The summed E-state index contributed by atoms with van der Waals surface area (Å²) in [6, 6.07) is 13.1. The number of nitrogens with zero attached hydrogens (tertiary/aromatic N) is 2. The molecule has 2 aromatic carbocycles. The van der Waals surface area contributed by atoms with Gasteiger partial charge >= 0.3 is 0 Å². The Labute approximate surface area is 192 Å². The number of hydrogen-bond donors (Lipinski definition) is 1. The zero-order valence-corrected chi connectivity index (χ0v) is 20.0. The van der Waals surface area contributed by atoms with E-state index >= 15 is 0 Å². The maximum absolute atomic E-state index is 9.70. The molecule has 4 rings (SSSR count). The molecular formula is C27H38N2O3. The molecule has 0 aromatic heterocycles. The van der Waals surface area contributed by atoms with Crippen LogP contribution in [0.15, 0.2) is 36.4 Å². The molecule has 0 saturated carbocycles. The van der Waals surface area contributed by atoms with Crippen LogP contribution in [-0.2, 0) is 6.54 Å². The van der Waals surface area contributed by atoms with Crippen LogP contribution in [0.4, 0.5) is 0 Å². The van der Waals surface area contributed by atoms with Crippen LogP contribution in [0, 0.1) is 0 Å². The van der Waals surface area contributed by atoms with Crippen LogP contribution >= 0.6 is 0 Å². The van der Waals surface area contributed by atoms with Crippen LogP contribution in [0.25, 0.3) is 0 Å². The summed E-state index contributed by atoms with van der Waals surface area (Å²) in [4.78, 5) is 4.73. The zero-order chi connectivity index (χ0) is 22.7. The van der Waals surface area contributed by atoms with E-state index in [0.717, 1.165) is 57.1 Å². The van der Waals surface area contributed by atoms with Crippen molar-refractivity contribution in [2.75, 3.05) is 46.9 Å². The van der Waals surface area contributed by atoms with E-state index in [-0.39, 0.29) is 6.10 Å². The summed E-state index contributed by atoms with van der Waals surface area (Å²) in [7, 11) is 3.91. The fraction of sp³-hybridized carbons (Fsp3) is 0.556. The summed E-state index contributed by atoms with van der Waals surface area (Å²) < 4.78 is 11.6. The molecule has 2 aromatic rings. The first kappa shape index (κ1) is 23.1. The number of β-amino-alcohol motifs (C(OH)–C–C–N with tert-alkyl or cyclic N) is 1. The van der Waals surface area contributed by atoms with Gasteiger partial charge in [0.05, 0.1) is 19.8 Å². The summed E-state index contributed by atoms with van der Waals surface area (Å²) in [5, 5.41) is 9.70. The minimum Gasteiger partial charge on any atom is -0.497 e. The average molecular weight is 439 g/mol. The van der Waals surface area contributed by atoms with E-state index < -0.39 is 0 Å². The number of fused-ring (bicyclic) bond motifs is 1. The van der Waals surface area contributed by atoms with Crippen molar-refractivity contribution in [3.05, 3.63) is 58.7 Å². The van der Waals surface area contributed by atoms with Gasteiger partial charge in [-0.15, -0.1) is 0 Å². The van der Waals surface area contributed by atoms with Crippen molar-refractivity contribution in [3.63, 3.8) is 0 Å². The quantitative estimate of drug-likeness (QED) is 0.625. The van der Waals surface area contributed by atoms with E-state index in [1.165, 1.54) is 22.3 Å². The molecule has 2 aliphatic rings. The van der Waals surface area contributed by atoms with Gasteiger partial charge in [-0.2, -0.15) is 0 Å². The number of aliphatic hydroxyl groups excluding tert-OH is 1. The molecule has 1 N–H and O–H groups in total. The van der Waals surface area contributed by atoms with Crippen LogP contribution in [0.2, 0.25) is 0 Å². The van der Waals surface area contributed by atoms with Crippen molar-refractivity contribution in [2.24, 2.45) is 0 Å². The van der Waals surface area contributed by atoms with Gasteiger partial charge < -0.3 is 24.4 Å². The van der Waals surface area contributed by atoms with Crippen molar-refractivity contribution in [1.82, 2.24) is 9.80 Å². The topological polar surface area (TPSA) is 45.2 Å². The molecule has 1 fully saturated rings. The van der Waals surface area contributed by atoms with Gasteiger partial charge in [-0.25, -0.2) is 0 Å². The number of likely N-dealkylation sites (tertiary alicyclic amines) is 1. The third kappa shape index (κ3) is 5.28. The highest BCUT2D eigenvalue weighted by Crippen LogP contribution is 2.40. The molecule has 0 amide bonds. The number of hydrogen-bond acceptors (Lipinski definition) is 5. The van der Waals surface area contributed by atoms with Gasteiger partial charge in [0.1, 0.15) is 11.5 Å². The molecule has 0 spiro atoms. The maximum atomic E-state index is 9.70. The number of ether oxygens (including phenoxy) is 2. The first-order valence-electron chi connectivity index (χ1n) is 12.0. The average Bonchev–Trinajstić information content (AvgIpc) is 3.20. The van der Waals surface area contributed by atoms with Crippen molar-refractivity contribution in [3.8, 4) is 11.5 Å². The SMILES string of the molecule is COc1ccc(C2CN(C)Cc3cc(OCCCN4CC[C@@H](O)C4)cc(C(C)C)c32)cc1. The highest BCUT2D eigenvalue weighted by Gasteiger charge is 2.29. The van der Waals surface area contributed by atoms with Crippen molar-refractivity contribution in [2.45, 2.75) is 51.2 Å². The van der Waals surface area contributed by atoms with Gasteiger partial charge in [0, 0.05) is 38.6 Å². The fourth-order valence-corrected chi connectivity index (χ4v) is 5.18. The number of likely N-dealkylation sites (N-methyl/N-ethyl adjacent to an activating group) is 1. The lowest BCUT2D eigenvalue weighted by molar-refractivity contribution is 0.173. The Morgan fingerprint density at radius 1 is 1.09 bits per heavy atom. The Kier molecular flexibility index (Phi) is 7.39. The molecule has 174 valence electrons. The Bertz CT molecular complexity index is 897. The lowest BCUT2D eigenvalue weighted by Gasteiger charge is -2.35. The van der Waals surface area contributed by atoms with E-state index in [2.05, 4.69) is 67.1 Å². The van der Waals surface area contributed by atoms with Gasteiger partial charge in [0.25, 0.3) is 0 Å². The van der Waals surface area contributed by atoms with Gasteiger partial charge in [0.15, 0.2) is 0 Å². The molecule has 0 radical (unpaired) electrons. The van der Waals surface area contributed by atoms with E-state index in [1.54, 1.807) is 7.11 Å². The van der Waals surface area contributed by atoms with Crippen molar-refractivity contribution >= 4 is 0 Å². The Morgan fingerprint density at radius 2 is 1.88 bits per heavy atom. The van der Waals surface area contributed by atoms with E-state index in [9.17, 15) is 5.11 Å². The van der Waals surface area contributed by atoms with Gasteiger partial charge in [-0.1, -0.05) is 26.0 Å². The highest BCUT2D eigenvalue weighted by molar-refractivity contribution is 5.51. The molecular weight excluding hydrogens is 400 g/mol. The van der Waals surface area contributed by atoms with E-state index in [4.69, 9.17) is 9.47 Å². The number of rotatable bonds is 8. The van der Waals surface area contributed by atoms with Crippen LogP contribution in [0.5, 0.6) is 11.5 Å². The Hall–Kier alpha value is -2.08. The standard InChI is InChI=1S/C27H38N2O3/c1-19(2)25-15-24(32-13-5-11-29-12-10-22(30)17-29)14-21-16-28(3)18-26(27(21)25)20-6-8-23(31-4)9-7-20/h6-9,14-15,19,22,26,30H,5,10-13,16-18H2,1-4H3/t22-,26?/m1/s1. The zero-order valence-electron chi connectivity index (χ0n) is 20.0. The summed E-state index contributed by atoms with van der Waals surface area (Å²) >= 11 is 0. The van der Waals surface area contributed by atoms with Gasteiger partial charge in [0.2, 0.25) is 0 Å². The molecule has 32 heavy (non-hydrogen) atoms. The first-order valence-corrected chi connectivity index (χ1v) is 12.0. The monoisotopic (exact) mass is 438 g/mol. The molecule has 0 bridgehead atoms. The van der Waals surface area contributed by atoms with Crippen molar-refractivity contribution < 1.29 is 14.6 Å². The predicted molar refractivity (Wildman–Crippen MR) is 129 cm³/mol. The Balaban J connectivity index is 1.53. The number of benzene rings is 2. The molecule has 1 unspecified atom stereocenters. The molecule has 2 atom stereocenters. The summed E-state index contributed by atoms with van der Waals surface area (Å²) in [6.07, 6.45) is 1.72. The minimum atomic E-state index is -0.152. The fourth-order valence-electron chi connectivity index (χ4n) is 5.18. The number of methoxy groups -OCH3 is 1. The smallest absolute Gasteiger partial charge is 0.119 e. The highest BCUT2D eigenvalue weighted by atomic mass is 16.5. The van der Waals surface area contributed by atoms with Gasteiger partial charge in [-0.05, 0) is 72.3 Å². The molecule has 1 saturated heterocycles. The summed E-state index contributed by atoms with van der Waals surface area (Å²) in [5.41, 5.74) is 5.58. The summed E-state index contributed by atoms with van der Waals surface area (Å²) in [5.74, 6) is 2.66. The Morgan fingerprint density at radius 3 is 2.53 bits per heavy atom. The molecule has 2 aliphatic heterocycles. The number of aliphatic hydroxyl groups is 1. The van der Waals surface area contributed by atoms with E-state index in [1.807, 2.05) is 0 Å². The normalized spacial score (nSPS) is 21.7. The third-order valence-corrected chi connectivity index (χ3v) is 6.83. The second-order valence-corrected chi connectivity index (χ2v) is 9.71. The third-order valence-electron chi connectivity index (χ3n) is 6.83. The van der Waals surface area contributed by atoms with Crippen LogP contribution < -0.4 is 9.47 Å². The lowest BCUT2D eigenvalue weighted by Crippen LogP contribution is -2.32. The summed E-state index contributed by atoms with van der Waals surface area (Å²) in [6.45, 7) is 10.0. The maximum Gasteiger partial charge on any atom is 0.119 e. The van der Waals surface area contributed by atoms with Crippen LogP contribution in [0.1, 0.15) is 60.8 Å². The van der Waals surface area contributed by atoms with Crippen LogP contribution in [-0.4, -0.2) is 68.0 Å². The molecule has 5 heteroatoms. The predicted octanol–water partition coefficient (Wildman–Crippen LogP) is 4.23. The molecule has 5 nitrogen and oxygen atoms in total. The molecule has 0 aliphatic carbocycles. The largest absolute Gasteiger partial charge is 0.497 e. The second kappa shape index (κ2) is 10.2.